The van der Waals surface area contributed by atoms with Gasteiger partial charge in [0.25, 0.3) is 0 Å². The molecule has 2 aromatic carbocycles. The minimum atomic E-state index is -3.56. The molecule has 0 spiro atoms. The zero-order chi connectivity index (χ0) is 23.5. The number of amides is 1. The third-order valence-electron chi connectivity index (χ3n) is 5.51. The van der Waals surface area contributed by atoms with Crippen molar-refractivity contribution in [3.63, 3.8) is 0 Å². The number of anilines is 1. The molecule has 7 nitrogen and oxygen atoms in total. The van der Waals surface area contributed by atoms with Gasteiger partial charge in [0, 0.05) is 43.2 Å². The van der Waals surface area contributed by atoms with Gasteiger partial charge in [0.1, 0.15) is 5.82 Å². The van der Waals surface area contributed by atoms with Crippen LogP contribution >= 0.6 is 11.6 Å². The first kappa shape index (κ1) is 24.2. The topological polar surface area (TPSA) is 84.3 Å². The highest BCUT2D eigenvalue weighted by Crippen LogP contribution is 2.24. The van der Waals surface area contributed by atoms with Gasteiger partial charge in [-0.3, -0.25) is 4.79 Å². The Labute approximate surface area is 194 Å². The van der Waals surface area contributed by atoms with Crippen molar-refractivity contribution in [2.75, 3.05) is 18.4 Å². The molecule has 0 unspecified atom stereocenters. The molecule has 0 saturated carbocycles. The van der Waals surface area contributed by atoms with Gasteiger partial charge in [0.15, 0.2) is 0 Å². The Kier molecular flexibility index (Phi) is 7.59. The van der Waals surface area contributed by atoms with Gasteiger partial charge < -0.3 is 9.88 Å². The maximum Gasteiger partial charge on any atom is 0.243 e. The Morgan fingerprint density at radius 2 is 1.84 bits per heavy atom. The molecule has 0 bridgehead atoms. The van der Waals surface area contributed by atoms with Crippen LogP contribution in [-0.4, -0.2) is 41.3 Å². The zero-order valence-corrected chi connectivity index (χ0v) is 20.4. The number of hydrogen-bond donors (Lipinski definition) is 1. The van der Waals surface area contributed by atoms with Gasteiger partial charge in [-0.15, -0.1) is 0 Å². The van der Waals surface area contributed by atoms with E-state index in [0.29, 0.717) is 42.3 Å². The second kappa shape index (κ2) is 10.0. The number of carbonyl (C=O) groups is 1. The summed E-state index contributed by atoms with van der Waals surface area (Å²) in [6.07, 6.45) is 0.686. The summed E-state index contributed by atoms with van der Waals surface area (Å²) in [6.45, 7) is 9.04. The molecule has 1 aromatic heterocycles. The molecule has 0 aliphatic heterocycles. The van der Waals surface area contributed by atoms with Gasteiger partial charge >= 0.3 is 0 Å². The molecule has 1 N–H and O–H groups in total. The van der Waals surface area contributed by atoms with E-state index >= 15 is 0 Å². The van der Waals surface area contributed by atoms with Gasteiger partial charge in [-0.05, 0) is 49.7 Å². The van der Waals surface area contributed by atoms with Crippen LogP contribution in [0.4, 0.5) is 5.69 Å². The molecule has 172 valence electrons. The molecule has 0 radical (unpaired) electrons. The van der Waals surface area contributed by atoms with E-state index in [1.54, 1.807) is 30.3 Å². The third kappa shape index (κ3) is 4.98. The van der Waals surface area contributed by atoms with Crippen LogP contribution in [0, 0.1) is 6.92 Å². The number of halogens is 1. The number of fused-ring (bicyclic) bond motifs is 1. The second-order valence-corrected chi connectivity index (χ2v) is 9.89. The molecule has 0 saturated heterocycles. The highest BCUT2D eigenvalue weighted by atomic mass is 35.5. The summed E-state index contributed by atoms with van der Waals surface area (Å²) >= 11 is 6.03. The standard InChI is InChI=1S/C23H29ClN4O3S/c1-5-27(6-2)32(30,31)18-10-11-21-20(15-18)25-22(28(21)7-3)12-13-23(29)26-19-14-17(24)9-8-16(19)4/h8-11,14-15H,5-7,12-13H2,1-4H3,(H,26,29). The first-order valence-electron chi connectivity index (χ1n) is 10.8. The Balaban J connectivity index is 1.82. The van der Waals surface area contributed by atoms with Crippen molar-refractivity contribution >= 4 is 44.3 Å². The smallest absolute Gasteiger partial charge is 0.243 e. The van der Waals surface area contributed by atoms with Crippen LogP contribution in [0.5, 0.6) is 0 Å². The predicted octanol–water partition coefficient (Wildman–Crippen LogP) is 4.62. The fraction of sp³-hybridized carbons (Fsp3) is 0.391. The number of sulfonamides is 1. The molecule has 9 heteroatoms. The fourth-order valence-corrected chi connectivity index (χ4v) is 5.39. The van der Waals surface area contributed by atoms with Crippen LogP contribution in [-0.2, 0) is 27.8 Å². The minimum Gasteiger partial charge on any atom is -0.328 e. The van der Waals surface area contributed by atoms with Crippen LogP contribution in [0.3, 0.4) is 0 Å². The van der Waals surface area contributed by atoms with E-state index in [2.05, 4.69) is 10.3 Å². The lowest BCUT2D eigenvalue weighted by molar-refractivity contribution is -0.116. The van der Waals surface area contributed by atoms with Crippen molar-refractivity contribution < 1.29 is 13.2 Å². The molecule has 32 heavy (non-hydrogen) atoms. The van der Waals surface area contributed by atoms with Crippen molar-refractivity contribution in [2.45, 2.75) is 52.0 Å². The summed E-state index contributed by atoms with van der Waals surface area (Å²) in [6, 6.07) is 10.4. The number of nitrogens with zero attached hydrogens (tertiary/aromatic N) is 3. The number of aromatic nitrogens is 2. The van der Waals surface area contributed by atoms with Gasteiger partial charge in [0.05, 0.1) is 15.9 Å². The Morgan fingerprint density at radius 1 is 1.12 bits per heavy atom. The number of nitrogens with one attached hydrogen (secondary N) is 1. The van der Waals surface area contributed by atoms with E-state index in [9.17, 15) is 13.2 Å². The summed E-state index contributed by atoms with van der Waals surface area (Å²) in [7, 11) is -3.56. The average molecular weight is 477 g/mol. The number of imidazole rings is 1. The molecule has 3 aromatic rings. The Morgan fingerprint density at radius 3 is 2.50 bits per heavy atom. The molecule has 1 heterocycles. The molecule has 3 rings (SSSR count). The lowest BCUT2D eigenvalue weighted by Crippen LogP contribution is -2.30. The normalized spacial score (nSPS) is 11.9. The van der Waals surface area contributed by atoms with E-state index in [0.717, 1.165) is 16.9 Å². The molecular formula is C23H29ClN4O3S. The lowest BCUT2D eigenvalue weighted by Gasteiger charge is -2.18. The molecule has 1 amide bonds. The average Bonchev–Trinajstić information content (AvgIpc) is 3.12. The molecule has 0 aliphatic rings. The van der Waals surface area contributed by atoms with Crippen molar-refractivity contribution in [3.8, 4) is 0 Å². The van der Waals surface area contributed by atoms with Gasteiger partial charge in [-0.25, -0.2) is 13.4 Å². The number of hydrogen-bond acceptors (Lipinski definition) is 4. The van der Waals surface area contributed by atoms with Gasteiger partial charge in [-0.2, -0.15) is 4.31 Å². The maximum atomic E-state index is 12.9. The summed E-state index contributed by atoms with van der Waals surface area (Å²) in [5.74, 6) is 0.618. The predicted molar refractivity (Wildman–Crippen MR) is 129 cm³/mol. The summed E-state index contributed by atoms with van der Waals surface area (Å²) in [4.78, 5) is 17.4. The third-order valence-corrected chi connectivity index (χ3v) is 7.79. The molecule has 0 atom stereocenters. The molecule has 0 fully saturated rings. The van der Waals surface area contributed by atoms with Crippen LogP contribution in [0.15, 0.2) is 41.3 Å². The van der Waals surface area contributed by atoms with Crippen molar-refractivity contribution in [1.29, 1.82) is 0 Å². The summed E-state index contributed by atoms with van der Waals surface area (Å²) in [5, 5.41) is 3.47. The van der Waals surface area contributed by atoms with Crippen LogP contribution in [0.2, 0.25) is 5.02 Å². The fourth-order valence-electron chi connectivity index (χ4n) is 3.74. The molecule has 0 aliphatic carbocycles. The van der Waals surface area contributed by atoms with Crippen LogP contribution in [0.1, 0.15) is 38.6 Å². The van der Waals surface area contributed by atoms with E-state index < -0.39 is 10.0 Å². The monoisotopic (exact) mass is 476 g/mol. The van der Waals surface area contributed by atoms with E-state index in [-0.39, 0.29) is 17.2 Å². The second-order valence-electron chi connectivity index (χ2n) is 7.52. The summed E-state index contributed by atoms with van der Waals surface area (Å²) < 4.78 is 29.2. The summed E-state index contributed by atoms with van der Waals surface area (Å²) in [5.41, 5.74) is 3.09. The van der Waals surface area contributed by atoms with Gasteiger partial charge in [-0.1, -0.05) is 31.5 Å². The van der Waals surface area contributed by atoms with E-state index in [1.807, 2.05) is 38.3 Å². The largest absolute Gasteiger partial charge is 0.328 e. The first-order chi connectivity index (χ1) is 15.2. The van der Waals surface area contributed by atoms with Crippen molar-refractivity contribution in [1.82, 2.24) is 13.9 Å². The van der Waals surface area contributed by atoms with Crippen molar-refractivity contribution in [2.24, 2.45) is 0 Å². The quantitative estimate of drug-likeness (QED) is 0.488. The van der Waals surface area contributed by atoms with Crippen molar-refractivity contribution in [3.05, 3.63) is 52.8 Å². The first-order valence-corrected chi connectivity index (χ1v) is 12.6. The number of carbonyl (C=O) groups excluding carboxylic acids is 1. The lowest BCUT2D eigenvalue weighted by atomic mass is 10.2. The highest BCUT2D eigenvalue weighted by Gasteiger charge is 2.23. The SMILES string of the molecule is CCN(CC)S(=O)(=O)c1ccc2c(c1)nc(CCC(=O)Nc1cc(Cl)ccc1C)n2CC. The zero-order valence-electron chi connectivity index (χ0n) is 18.9. The Bertz CT molecular complexity index is 1230. The number of rotatable bonds is 9. The number of benzene rings is 2. The number of aryl methyl sites for hydroxylation is 3. The van der Waals surface area contributed by atoms with Gasteiger partial charge in [0.2, 0.25) is 15.9 Å². The Hall–Kier alpha value is -2.42. The van der Waals surface area contributed by atoms with Crippen LogP contribution < -0.4 is 5.32 Å². The van der Waals surface area contributed by atoms with E-state index in [4.69, 9.17) is 11.6 Å². The maximum absolute atomic E-state index is 12.9. The highest BCUT2D eigenvalue weighted by molar-refractivity contribution is 7.89. The minimum absolute atomic E-state index is 0.130. The van der Waals surface area contributed by atoms with Crippen LogP contribution in [0.25, 0.3) is 11.0 Å². The molecular weight excluding hydrogens is 448 g/mol. The van der Waals surface area contributed by atoms with E-state index in [1.165, 1.54) is 4.31 Å².